The van der Waals surface area contributed by atoms with Crippen LogP contribution in [0.3, 0.4) is 0 Å². The molecule has 0 amide bonds. The molecule has 7 heteroatoms. The summed E-state index contributed by atoms with van der Waals surface area (Å²) in [6, 6.07) is 5.40. The van der Waals surface area contributed by atoms with Gasteiger partial charge in [0.1, 0.15) is 0 Å². The number of hydrogen-bond donors (Lipinski definition) is 0. The molecule has 29 heavy (non-hydrogen) atoms. The number of nitrogens with zero attached hydrogens (tertiary/aromatic N) is 5. The molecular formula is C22H25N5OS. The van der Waals surface area contributed by atoms with E-state index in [1.54, 1.807) is 29.4 Å². The topological polar surface area (TPSA) is 63.9 Å². The van der Waals surface area contributed by atoms with Crippen LogP contribution >= 0.6 is 11.3 Å². The number of hydrogen-bond acceptors (Lipinski definition) is 6. The zero-order valence-electron chi connectivity index (χ0n) is 16.4. The average molecular weight is 408 g/mol. The van der Waals surface area contributed by atoms with Crippen molar-refractivity contribution in [3.8, 4) is 11.3 Å². The van der Waals surface area contributed by atoms with Crippen molar-refractivity contribution in [2.24, 2.45) is 5.92 Å². The van der Waals surface area contributed by atoms with E-state index >= 15 is 0 Å². The van der Waals surface area contributed by atoms with Gasteiger partial charge in [0, 0.05) is 54.1 Å². The minimum absolute atomic E-state index is 0.0125. The van der Waals surface area contributed by atoms with Gasteiger partial charge < -0.3 is 0 Å². The SMILES string of the molecule is O=c1cc(-c2cccnc2)ncn1CC1CCN(Cc2cnc(C3CC3)s2)CC1. The highest BCUT2D eigenvalue weighted by Crippen LogP contribution is 2.42. The molecule has 1 aliphatic heterocycles. The van der Waals surface area contributed by atoms with E-state index in [1.165, 1.54) is 22.7 Å². The van der Waals surface area contributed by atoms with Gasteiger partial charge in [0.05, 0.1) is 17.0 Å². The van der Waals surface area contributed by atoms with Gasteiger partial charge in [-0.3, -0.25) is 19.2 Å². The zero-order valence-corrected chi connectivity index (χ0v) is 17.2. The van der Waals surface area contributed by atoms with Crippen molar-refractivity contribution in [3.63, 3.8) is 0 Å². The lowest BCUT2D eigenvalue weighted by Gasteiger charge is -2.31. The first-order valence-electron chi connectivity index (χ1n) is 10.4. The van der Waals surface area contributed by atoms with Crippen LogP contribution in [0.4, 0.5) is 0 Å². The predicted molar refractivity (Wildman–Crippen MR) is 114 cm³/mol. The average Bonchev–Trinajstić information content (AvgIpc) is 3.51. The Hall–Kier alpha value is -2.38. The van der Waals surface area contributed by atoms with Gasteiger partial charge in [-0.2, -0.15) is 0 Å². The predicted octanol–water partition coefficient (Wildman–Crippen LogP) is 3.55. The van der Waals surface area contributed by atoms with E-state index in [0.29, 0.717) is 11.6 Å². The highest BCUT2D eigenvalue weighted by molar-refractivity contribution is 7.11. The van der Waals surface area contributed by atoms with Crippen LogP contribution in [0.2, 0.25) is 0 Å². The molecule has 3 aromatic heterocycles. The molecule has 2 aliphatic rings. The minimum Gasteiger partial charge on any atom is -0.299 e. The minimum atomic E-state index is 0.0125. The normalized spacial score (nSPS) is 18.2. The van der Waals surface area contributed by atoms with Crippen LogP contribution in [0.25, 0.3) is 11.3 Å². The number of thiazole rings is 1. The molecule has 150 valence electrons. The Morgan fingerprint density at radius 2 is 1.97 bits per heavy atom. The van der Waals surface area contributed by atoms with E-state index in [0.717, 1.165) is 50.5 Å². The van der Waals surface area contributed by atoms with Gasteiger partial charge in [0.25, 0.3) is 5.56 Å². The van der Waals surface area contributed by atoms with E-state index < -0.39 is 0 Å². The third-order valence-electron chi connectivity index (χ3n) is 5.88. The largest absolute Gasteiger partial charge is 0.299 e. The summed E-state index contributed by atoms with van der Waals surface area (Å²) in [5.41, 5.74) is 1.57. The van der Waals surface area contributed by atoms with Crippen molar-refractivity contribution in [1.82, 2.24) is 24.4 Å². The molecule has 6 nitrogen and oxygen atoms in total. The van der Waals surface area contributed by atoms with Gasteiger partial charge in [0.2, 0.25) is 0 Å². The molecule has 3 aromatic rings. The van der Waals surface area contributed by atoms with E-state index in [-0.39, 0.29) is 5.56 Å². The second-order valence-corrected chi connectivity index (χ2v) is 9.31. The summed E-state index contributed by atoms with van der Waals surface area (Å²) < 4.78 is 1.76. The monoisotopic (exact) mass is 407 g/mol. The Morgan fingerprint density at radius 1 is 1.10 bits per heavy atom. The molecule has 0 radical (unpaired) electrons. The fourth-order valence-corrected chi connectivity index (χ4v) is 5.10. The quantitative estimate of drug-likeness (QED) is 0.625. The summed E-state index contributed by atoms with van der Waals surface area (Å²) in [5.74, 6) is 1.27. The lowest BCUT2D eigenvalue weighted by atomic mass is 9.96. The smallest absolute Gasteiger partial charge is 0.253 e. The lowest BCUT2D eigenvalue weighted by Crippen LogP contribution is -2.35. The van der Waals surface area contributed by atoms with Crippen LogP contribution in [0.5, 0.6) is 0 Å². The molecule has 4 heterocycles. The molecule has 1 saturated heterocycles. The second kappa shape index (κ2) is 8.16. The van der Waals surface area contributed by atoms with Gasteiger partial charge in [0.15, 0.2) is 0 Å². The summed E-state index contributed by atoms with van der Waals surface area (Å²) in [5, 5.41) is 1.33. The highest BCUT2D eigenvalue weighted by Gasteiger charge is 2.27. The molecule has 0 bridgehead atoms. The number of likely N-dealkylation sites (tertiary alicyclic amines) is 1. The van der Waals surface area contributed by atoms with Gasteiger partial charge in [-0.1, -0.05) is 0 Å². The van der Waals surface area contributed by atoms with Crippen molar-refractivity contribution in [1.29, 1.82) is 0 Å². The van der Waals surface area contributed by atoms with E-state index in [1.807, 2.05) is 23.5 Å². The number of piperidine rings is 1. The molecule has 0 aromatic carbocycles. The van der Waals surface area contributed by atoms with Crippen molar-refractivity contribution < 1.29 is 0 Å². The fourth-order valence-electron chi connectivity index (χ4n) is 3.98. The Kier molecular flexibility index (Phi) is 5.24. The van der Waals surface area contributed by atoms with Crippen LogP contribution in [0.15, 0.2) is 47.9 Å². The number of rotatable bonds is 6. The standard InChI is InChI=1S/C22H25N5OS/c28-21-10-20(18-2-1-7-23-11-18)25-15-27(21)13-16-5-8-26(9-6-16)14-19-12-24-22(29-19)17-3-4-17/h1-2,7,10-12,15-17H,3-6,8-9,13-14H2. The maximum absolute atomic E-state index is 12.5. The van der Waals surface area contributed by atoms with Crippen LogP contribution in [-0.4, -0.2) is 37.5 Å². The molecule has 5 rings (SSSR count). The van der Waals surface area contributed by atoms with Gasteiger partial charge in [-0.15, -0.1) is 11.3 Å². The van der Waals surface area contributed by atoms with Crippen molar-refractivity contribution in [2.75, 3.05) is 13.1 Å². The molecule has 0 spiro atoms. The molecule has 0 N–H and O–H groups in total. The van der Waals surface area contributed by atoms with Gasteiger partial charge in [-0.05, 0) is 56.8 Å². The first kappa shape index (κ1) is 18.6. The first-order chi connectivity index (χ1) is 14.2. The van der Waals surface area contributed by atoms with Gasteiger partial charge >= 0.3 is 0 Å². The third kappa shape index (κ3) is 4.46. The molecule has 1 saturated carbocycles. The van der Waals surface area contributed by atoms with Crippen molar-refractivity contribution in [3.05, 3.63) is 63.4 Å². The Balaban J connectivity index is 1.16. The highest BCUT2D eigenvalue weighted by atomic mass is 32.1. The number of aromatic nitrogens is 4. The lowest BCUT2D eigenvalue weighted by molar-refractivity contribution is 0.167. The Bertz CT molecular complexity index is 1020. The van der Waals surface area contributed by atoms with Crippen molar-refractivity contribution in [2.45, 2.75) is 44.7 Å². The summed E-state index contributed by atoms with van der Waals surface area (Å²) in [6.45, 7) is 3.92. The van der Waals surface area contributed by atoms with Crippen LogP contribution < -0.4 is 5.56 Å². The van der Waals surface area contributed by atoms with E-state index in [4.69, 9.17) is 0 Å². The molecular weight excluding hydrogens is 382 g/mol. The summed E-state index contributed by atoms with van der Waals surface area (Å²) in [4.78, 5) is 29.6. The number of pyridine rings is 1. The zero-order chi connectivity index (χ0) is 19.6. The maximum Gasteiger partial charge on any atom is 0.253 e. The van der Waals surface area contributed by atoms with Crippen LogP contribution in [0, 0.1) is 5.92 Å². The maximum atomic E-state index is 12.5. The summed E-state index contributed by atoms with van der Waals surface area (Å²) in [6.07, 6.45) is 12.1. The van der Waals surface area contributed by atoms with E-state index in [2.05, 4.69) is 26.0 Å². The summed E-state index contributed by atoms with van der Waals surface area (Å²) >= 11 is 1.89. The molecule has 0 atom stereocenters. The molecule has 1 aliphatic carbocycles. The van der Waals surface area contributed by atoms with Gasteiger partial charge in [-0.25, -0.2) is 9.97 Å². The second-order valence-electron chi connectivity index (χ2n) is 8.17. The molecule has 2 fully saturated rings. The Morgan fingerprint density at radius 3 is 2.69 bits per heavy atom. The third-order valence-corrected chi connectivity index (χ3v) is 7.02. The summed E-state index contributed by atoms with van der Waals surface area (Å²) in [7, 11) is 0. The van der Waals surface area contributed by atoms with Crippen LogP contribution in [0.1, 0.15) is 41.5 Å². The Labute approximate surface area is 174 Å². The fraction of sp³-hybridized carbons (Fsp3) is 0.455. The first-order valence-corrected chi connectivity index (χ1v) is 11.2. The van der Waals surface area contributed by atoms with Crippen LogP contribution in [-0.2, 0) is 13.1 Å². The van der Waals surface area contributed by atoms with Crippen molar-refractivity contribution >= 4 is 11.3 Å². The van der Waals surface area contributed by atoms with E-state index in [9.17, 15) is 4.79 Å². The molecule has 0 unspecified atom stereocenters.